The van der Waals surface area contributed by atoms with E-state index < -0.39 is 0 Å². The quantitative estimate of drug-likeness (QED) is 0.901. The second-order valence-electron chi connectivity index (χ2n) is 5.48. The van der Waals surface area contributed by atoms with Crippen molar-refractivity contribution in [3.05, 3.63) is 40.3 Å². The fourth-order valence-corrected chi connectivity index (χ4v) is 2.80. The zero-order chi connectivity index (χ0) is 14.1. The minimum Gasteiger partial charge on any atom is -0.373 e. The summed E-state index contributed by atoms with van der Waals surface area (Å²) in [6.45, 7) is 6.34. The molecule has 1 fully saturated rings. The van der Waals surface area contributed by atoms with Gasteiger partial charge in [-0.15, -0.1) is 0 Å². The topological polar surface area (TPSA) is 58.2 Å². The molecule has 1 aromatic carbocycles. The summed E-state index contributed by atoms with van der Waals surface area (Å²) < 4.78 is 5.71. The molecule has 2 aromatic rings. The molecule has 1 aliphatic heterocycles. The Balaban J connectivity index is 1.87. The van der Waals surface area contributed by atoms with Gasteiger partial charge < -0.3 is 9.72 Å². The molecular weight excluding hydrogens is 254 g/mol. The van der Waals surface area contributed by atoms with E-state index in [1.54, 1.807) is 0 Å². The molecular formula is C15H19N3O2. The molecule has 0 amide bonds. The molecule has 3 rings (SSSR count). The maximum Gasteiger partial charge on any atom is 0.271 e. The molecule has 1 aromatic heterocycles. The van der Waals surface area contributed by atoms with Crippen molar-refractivity contribution in [1.29, 1.82) is 0 Å². The monoisotopic (exact) mass is 273 g/mol. The molecule has 0 radical (unpaired) electrons. The number of nitrogens with zero attached hydrogens (tertiary/aromatic N) is 2. The lowest BCUT2D eigenvalue weighted by molar-refractivity contribution is -0.0708. The van der Waals surface area contributed by atoms with Gasteiger partial charge in [0.25, 0.3) is 5.56 Å². The lowest BCUT2D eigenvalue weighted by Gasteiger charge is -2.34. The number of aromatic nitrogens is 2. The average Bonchev–Trinajstić information content (AvgIpc) is 2.38. The van der Waals surface area contributed by atoms with Crippen LogP contribution in [0, 0.1) is 0 Å². The summed E-state index contributed by atoms with van der Waals surface area (Å²) in [5.41, 5.74) is 2.09. The summed E-state index contributed by atoms with van der Waals surface area (Å²) >= 11 is 0. The van der Waals surface area contributed by atoms with Crippen LogP contribution >= 0.6 is 0 Å². The molecule has 1 aliphatic rings. The van der Waals surface area contributed by atoms with Crippen LogP contribution < -0.4 is 5.56 Å². The van der Waals surface area contributed by atoms with E-state index in [-0.39, 0.29) is 17.8 Å². The number of aromatic amines is 1. The van der Waals surface area contributed by atoms with Crippen LogP contribution in [0.5, 0.6) is 0 Å². The third kappa shape index (κ3) is 2.73. The molecule has 106 valence electrons. The molecule has 0 unspecified atom stereocenters. The Morgan fingerprint density at radius 1 is 1.30 bits per heavy atom. The fraction of sp³-hybridized carbons (Fsp3) is 0.467. The second kappa shape index (κ2) is 5.34. The first kappa shape index (κ1) is 13.3. The van der Waals surface area contributed by atoms with Crippen LogP contribution in [0.25, 0.3) is 11.0 Å². The van der Waals surface area contributed by atoms with Crippen molar-refractivity contribution in [3.8, 4) is 0 Å². The van der Waals surface area contributed by atoms with Crippen LogP contribution in [0.4, 0.5) is 0 Å². The van der Waals surface area contributed by atoms with Crippen LogP contribution in [0.15, 0.2) is 29.1 Å². The summed E-state index contributed by atoms with van der Waals surface area (Å²) in [6, 6.07) is 7.60. The highest BCUT2D eigenvalue weighted by Crippen LogP contribution is 2.13. The van der Waals surface area contributed by atoms with Gasteiger partial charge in [-0.3, -0.25) is 9.69 Å². The van der Waals surface area contributed by atoms with Gasteiger partial charge in [-0.2, -0.15) is 0 Å². The number of fused-ring (bicyclic) bond motifs is 1. The minimum absolute atomic E-state index is 0.101. The molecule has 0 aliphatic carbocycles. The van der Waals surface area contributed by atoms with Crippen molar-refractivity contribution in [1.82, 2.24) is 14.9 Å². The van der Waals surface area contributed by atoms with Crippen molar-refractivity contribution in [2.45, 2.75) is 32.6 Å². The van der Waals surface area contributed by atoms with Crippen LogP contribution in [0.2, 0.25) is 0 Å². The largest absolute Gasteiger partial charge is 0.373 e. The third-order valence-electron chi connectivity index (χ3n) is 3.54. The number of para-hydroxylation sites is 2. The Morgan fingerprint density at radius 3 is 2.75 bits per heavy atom. The first-order chi connectivity index (χ1) is 9.61. The van der Waals surface area contributed by atoms with Crippen molar-refractivity contribution < 1.29 is 4.74 Å². The Bertz CT molecular complexity index is 657. The Kier molecular flexibility index (Phi) is 3.54. The minimum atomic E-state index is -0.101. The molecule has 20 heavy (non-hydrogen) atoms. The van der Waals surface area contributed by atoms with Gasteiger partial charge >= 0.3 is 0 Å². The van der Waals surface area contributed by atoms with Gasteiger partial charge in [0.2, 0.25) is 0 Å². The number of hydrogen-bond donors (Lipinski definition) is 1. The first-order valence-electron chi connectivity index (χ1n) is 6.97. The number of nitrogens with one attached hydrogen (secondary N) is 1. The van der Waals surface area contributed by atoms with Crippen molar-refractivity contribution in [2.75, 3.05) is 13.1 Å². The summed E-state index contributed by atoms with van der Waals surface area (Å²) in [7, 11) is 0. The molecule has 0 saturated carbocycles. The van der Waals surface area contributed by atoms with E-state index in [1.807, 2.05) is 24.3 Å². The van der Waals surface area contributed by atoms with E-state index in [0.717, 1.165) is 24.1 Å². The predicted octanol–water partition coefficient (Wildman–Crippen LogP) is 1.53. The van der Waals surface area contributed by atoms with E-state index in [2.05, 4.69) is 28.7 Å². The van der Waals surface area contributed by atoms with Gasteiger partial charge in [0.05, 0.1) is 23.2 Å². The van der Waals surface area contributed by atoms with Crippen molar-refractivity contribution in [2.24, 2.45) is 0 Å². The number of ether oxygens (including phenoxy) is 1. The number of morpholine rings is 1. The van der Waals surface area contributed by atoms with E-state index in [4.69, 9.17) is 4.74 Å². The normalized spacial score (nSPS) is 24.1. The molecule has 1 N–H and O–H groups in total. The second-order valence-corrected chi connectivity index (χ2v) is 5.48. The molecule has 5 nitrogen and oxygen atoms in total. The molecule has 1 saturated heterocycles. The van der Waals surface area contributed by atoms with Crippen LogP contribution in [0.1, 0.15) is 19.5 Å². The van der Waals surface area contributed by atoms with Gasteiger partial charge in [-0.1, -0.05) is 12.1 Å². The van der Waals surface area contributed by atoms with Crippen molar-refractivity contribution >= 4 is 11.0 Å². The highest BCUT2D eigenvalue weighted by molar-refractivity contribution is 5.73. The summed E-state index contributed by atoms with van der Waals surface area (Å²) in [5, 5.41) is 0. The Labute approximate surface area is 117 Å². The lowest BCUT2D eigenvalue weighted by Crippen LogP contribution is -2.45. The third-order valence-corrected chi connectivity index (χ3v) is 3.54. The maximum atomic E-state index is 12.1. The summed E-state index contributed by atoms with van der Waals surface area (Å²) in [6.07, 6.45) is 0.386. The van der Waals surface area contributed by atoms with Crippen LogP contribution in [-0.2, 0) is 11.3 Å². The number of H-pyrrole nitrogens is 1. The maximum absolute atomic E-state index is 12.1. The van der Waals surface area contributed by atoms with Crippen LogP contribution in [0.3, 0.4) is 0 Å². The Hall–Kier alpha value is -1.72. The highest BCUT2D eigenvalue weighted by atomic mass is 16.5. The molecule has 0 bridgehead atoms. The molecule has 0 spiro atoms. The lowest BCUT2D eigenvalue weighted by atomic mass is 10.2. The molecule has 2 atom stereocenters. The van der Waals surface area contributed by atoms with Crippen molar-refractivity contribution in [3.63, 3.8) is 0 Å². The van der Waals surface area contributed by atoms with Gasteiger partial charge in [0.1, 0.15) is 5.69 Å². The van der Waals surface area contributed by atoms with E-state index >= 15 is 0 Å². The van der Waals surface area contributed by atoms with Gasteiger partial charge in [-0.05, 0) is 26.0 Å². The van der Waals surface area contributed by atoms with E-state index in [9.17, 15) is 4.79 Å². The number of benzene rings is 1. The zero-order valence-corrected chi connectivity index (χ0v) is 11.8. The van der Waals surface area contributed by atoms with Gasteiger partial charge in [-0.25, -0.2) is 4.98 Å². The van der Waals surface area contributed by atoms with Gasteiger partial charge in [0, 0.05) is 19.6 Å². The highest BCUT2D eigenvalue weighted by Gasteiger charge is 2.23. The fourth-order valence-electron chi connectivity index (χ4n) is 2.80. The summed E-state index contributed by atoms with van der Waals surface area (Å²) in [4.78, 5) is 21.7. The summed E-state index contributed by atoms with van der Waals surface area (Å²) in [5.74, 6) is 0. The number of rotatable bonds is 2. The van der Waals surface area contributed by atoms with Crippen LogP contribution in [-0.4, -0.2) is 40.2 Å². The van der Waals surface area contributed by atoms with E-state index in [0.29, 0.717) is 12.2 Å². The molecule has 5 heteroatoms. The predicted molar refractivity (Wildman–Crippen MR) is 77.6 cm³/mol. The average molecular weight is 273 g/mol. The zero-order valence-electron chi connectivity index (χ0n) is 11.8. The van der Waals surface area contributed by atoms with Gasteiger partial charge in [0.15, 0.2) is 0 Å². The SMILES string of the molecule is C[C@H]1CN(Cc2nc3ccccc3[nH]c2=O)C[C@H](C)O1. The first-order valence-corrected chi connectivity index (χ1v) is 6.97. The molecule has 2 heterocycles. The van der Waals surface area contributed by atoms with E-state index in [1.165, 1.54) is 0 Å². The number of hydrogen-bond acceptors (Lipinski definition) is 4. The smallest absolute Gasteiger partial charge is 0.271 e. The Morgan fingerprint density at radius 2 is 2.00 bits per heavy atom. The standard InChI is InChI=1S/C15H19N3O2/c1-10-7-18(8-11(2)20-10)9-14-15(19)17-13-6-4-3-5-12(13)16-14/h3-6,10-11H,7-9H2,1-2H3,(H,17,19)/t10-,11-/m0/s1.